The number of carbonyl (C=O) groups is 2. The first-order chi connectivity index (χ1) is 13.1. The highest BCUT2D eigenvalue weighted by Gasteiger charge is 2.20. The van der Waals surface area contributed by atoms with Crippen molar-refractivity contribution in [3.63, 3.8) is 0 Å². The van der Waals surface area contributed by atoms with Gasteiger partial charge in [0.25, 0.3) is 5.91 Å². The first-order valence-corrected chi connectivity index (χ1v) is 9.29. The number of benzene rings is 2. The zero-order valence-electron chi connectivity index (χ0n) is 15.5. The van der Waals surface area contributed by atoms with Crippen LogP contribution in [-0.2, 0) is 4.79 Å². The average Bonchev–Trinajstić information content (AvgIpc) is 3.48. The maximum Gasteiger partial charge on any atom is 0.255 e. The van der Waals surface area contributed by atoms with Gasteiger partial charge in [-0.3, -0.25) is 9.59 Å². The zero-order valence-corrected chi connectivity index (χ0v) is 15.5. The van der Waals surface area contributed by atoms with E-state index in [0.717, 1.165) is 18.2 Å². The molecule has 1 aliphatic rings. The van der Waals surface area contributed by atoms with Gasteiger partial charge in [-0.2, -0.15) is 0 Å². The summed E-state index contributed by atoms with van der Waals surface area (Å²) in [4.78, 5) is 24.2. The molecule has 0 spiro atoms. The fourth-order valence-electron chi connectivity index (χ4n) is 2.63. The Bertz CT molecular complexity index is 768. The van der Waals surface area contributed by atoms with Crippen LogP contribution in [-0.4, -0.2) is 31.5 Å². The normalized spacial score (nSPS) is 13.1. The summed E-state index contributed by atoms with van der Waals surface area (Å²) in [6.45, 7) is 3.73. The van der Waals surface area contributed by atoms with Gasteiger partial charge >= 0.3 is 0 Å². The van der Waals surface area contributed by atoms with Crippen molar-refractivity contribution in [1.29, 1.82) is 0 Å². The second-order valence-corrected chi connectivity index (χ2v) is 6.61. The monoisotopic (exact) mass is 367 g/mol. The predicted octanol–water partition coefficient (Wildman–Crippen LogP) is 3.28. The molecule has 27 heavy (non-hydrogen) atoms. The molecule has 0 aliphatic heterocycles. The second-order valence-electron chi connectivity index (χ2n) is 6.61. The molecule has 1 aliphatic carbocycles. The van der Waals surface area contributed by atoms with Gasteiger partial charge in [-0.1, -0.05) is 0 Å². The quantitative estimate of drug-likeness (QED) is 0.635. The van der Waals surface area contributed by atoms with E-state index in [1.54, 1.807) is 36.4 Å². The van der Waals surface area contributed by atoms with Crippen LogP contribution in [0.1, 0.15) is 30.1 Å². The predicted molar refractivity (Wildman–Crippen MR) is 106 cm³/mol. The Morgan fingerprint density at radius 1 is 0.963 bits per heavy atom. The molecule has 0 atom stereocenters. The second kappa shape index (κ2) is 9.19. The molecule has 2 aromatic rings. The highest BCUT2D eigenvalue weighted by molar-refractivity contribution is 6.04. The van der Waals surface area contributed by atoms with E-state index in [4.69, 9.17) is 4.74 Å². The Kier molecular flexibility index (Phi) is 6.44. The average molecular weight is 367 g/mol. The zero-order chi connectivity index (χ0) is 19.1. The minimum atomic E-state index is -0.205. The molecule has 0 heterocycles. The molecular weight excluding hydrogens is 342 g/mol. The summed E-state index contributed by atoms with van der Waals surface area (Å²) in [5.74, 6) is 1.22. The molecular formula is C21H25N3O3. The van der Waals surface area contributed by atoms with Crippen LogP contribution in [0.3, 0.4) is 0 Å². The van der Waals surface area contributed by atoms with Crippen LogP contribution in [0.4, 0.5) is 11.4 Å². The van der Waals surface area contributed by atoms with E-state index in [-0.39, 0.29) is 11.8 Å². The molecule has 2 amide bonds. The maximum atomic E-state index is 12.3. The Labute approximate surface area is 159 Å². The standard InChI is InChI=1S/C21H25N3O3/c1-2-27-19-11-9-18(10-12-19)24-21(26)16-5-7-17(8-6-16)23-20(25)14-22-13-15-3-4-15/h5-12,15,22H,2-4,13-14H2,1H3,(H,23,25)(H,24,26). The third kappa shape index (κ3) is 6.11. The van der Waals surface area contributed by atoms with Crippen molar-refractivity contribution in [3.05, 3.63) is 54.1 Å². The van der Waals surface area contributed by atoms with Gasteiger partial charge in [0.05, 0.1) is 13.2 Å². The maximum absolute atomic E-state index is 12.3. The summed E-state index contributed by atoms with van der Waals surface area (Å²) in [6, 6.07) is 14.1. The van der Waals surface area contributed by atoms with Crippen molar-refractivity contribution in [3.8, 4) is 5.75 Å². The molecule has 0 aromatic heterocycles. The lowest BCUT2D eigenvalue weighted by molar-refractivity contribution is -0.115. The number of nitrogens with one attached hydrogen (secondary N) is 3. The Morgan fingerprint density at radius 2 is 1.59 bits per heavy atom. The molecule has 0 unspecified atom stereocenters. The molecule has 142 valence electrons. The number of carbonyl (C=O) groups excluding carboxylic acids is 2. The van der Waals surface area contributed by atoms with Gasteiger partial charge in [0.2, 0.25) is 5.91 Å². The van der Waals surface area contributed by atoms with Crippen LogP contribution in [0.2, 0.25) is 0 Å². The lowest BCUT2D eigenvalue weighted by Gasteiger charge is -2.09. The van der Waals surface area contributed by atoms with Gasteiger partial charge in [0.15, 0.2) is 0 Å². The van der Waals surface area contributed by atoms with Gasteiger partial charge in [-0.05, 0) is 80.8 Å². The van der Waals surface area contributed by atoms with Crippen molar-refractivity contribution >= 4 is 23.2 Å². The van der Waals surface area contributed by atoms with E-state index >= 15 is 0 Å². The lowest BCUT2D eigenvalue weighted by atomic mass is 10.2. The van der Waals surface area contributed by atoms with Gasteiger partial charge in [0.1, 0.15) is 5.75 Å². The third-order valence-corrected chi connectivity index (χ3v) is 4.27. The van der Waals surface area contributed by atoms with Crippen LogP contribution in [0.25, 0.3) is 0 Å². The van der Waals surface area contributed by atoms with E-state index in [2.05, 4.69) is 16.0 Å². The summed E-state index contributed by atoms with van der Waals surface area (Å²) in [5.41, 5.74) is 1.89. The fraction of sp³-hybridized carbons (Fsp3) is 0.333. The minimum Gasteiger partial charge on any atom is -0.494 e. The Hall–Kier alpha value is -2.86. The largest absolute Gasteiger partial charge is 0.494 e. The highest BCUT2D eigenvalue weighted by atomic mass is 16.5. The third-order valence-electron chi connectivity index (χ3n) is 4.27. The first-order valence-electron chi connectivity index (χ1n) is 9.29. The molecule has 6 nitrogen and oxygen atoms in total. The molecule has 3 rings (SSSR count). The van der Waals surface area contributed by atoms with E-state index in [9.17, 15) is 9.59 Å². The lowest BCUT2D eigenvalue weighted by Crippen LogP contribution is -2.29. The van der Waals surface area contributed by atoms with Crippen molar-refractivity contribution in [2.24, 2.45) is 5.92 Å². The molecule has 2 aromatic carbocycles. The van der Waals surface area contributed by atoms with E-state index < -0.39 is 0 Å². The summed E-state index contributed by atoms with van der Waals surface area (Å²) < 4.78 is 5.38. The molecule has 6 heteroatoms. The van der Waals surface area contributed by atoms with Crippen LogP contribution in [0.5, 0.6) is 5.75 Å². The van der Waals surface area contributed by atoms with Crippen LogP contribution >= 0.6 is 0 Å². The van der Waals surface area contributed by atoms with Crippen LogP contribution < -0.4 is 20.7 Å². The minimum absolute atomic E-state index is 0.0813. The molecule has 1 saturated carbocycles. The molecule has 0 saturated heterocycles. The van der Waals surface area contributed by atoms with Crippen LogP contribution in [0, 0.1) is 5.92 Å². The molecule has 3 N–H and O–H groups in total. The number of hydrogen-bond donors (Lipinski definition) is 3. The number of ether oxygens (including phenoxy) is 1. The molecule has 0 bridgehead atoms. The van der Waals surface area contributed by atoms with Crippen LogP contribution in [0.15, 0.2) is 48.5 Å². The summed E-state index contributed by atoms with van der Waals surface area (Å²) in [6.07, 6.45) is 2.52. The van der Waals surface area contributed by atoms with Gasteiger partial charge in [-0.25, -0.2) is 0 Å². The number of rotatable bonds is 9. The number of anilines is 2. The molecule has 1 fully saturated rings. The van der Waals surface area contributed by atoms with Gasteiger partial charge in [0, 0.05) is 16.9 Å². The molecule has 0 radical (unpaired) electrons. The summed E-state index contributed by atoms with van der Waals surface area (Å²) >= 11 is 0. The van der Waals surface area contributed by atoms with E-state index in [0.29, 0.717) is 30.1 Å². The number of hydrogen-bond acceptors (Lipinski definition) is 4. The summed E-state index contributed by atoms with van der Waals surface area (Å²) in [7, 11) is 0. The van der Waals surface area contributed by atoms with Crippen molar-refractivity contribution in [2.45, 2.75) is 19.8 Å². The Balaban J connectivity index is 1.48. The van der Waals surface area contributed by atoms with E-state index in [1.807, 2.05) is 19.1 Å². The van der Waals surface area contributed by atoms with Crippen molar-refractivity contribution in [1.82, 2.24) is 5.32 Å². The van der Waals surface area contributed by atoms with E-state index in [1.165, 1.54) is 12.8 Å². The number of amides is 2. The first kappa shape index (κ1) is 18.9. The van der Waals surface area contributed by atoms with Crippen molar-refractivity contribution in [2.75, 3.05) is 30.3 Å². The topological polar surface area (TPSA) is 79.5 Å². The SMILES string of the molecule is CCOc1ccc(NC(=O)c2ccc(NC(=O)CNCC3CC3)cc2)cc1. The van der Waals surface area contributed by atoms with Crippen molar-refractivity contribution < 1.29 is 14.3 Å². The Morgan fingerprint density at radius 3 is 2.22 bits per heavy atom. The summed E-state index contributed by atoms with van der Waals surface area (Å²) in [5, 5.41) is 8.81. The smallest absolute Gasteiger partial charge is 0.255 e. The highest BCUT2D eigenvalue weighted by Crippen LogP contribution is 2.27. The van der Waals surface area contributed by atoms with Gasteiger partial charge in [-0.15, -0.1) is 0 Å². The van der Waals surface area contributed by atoms with Gasteiger partial charge < -0.3 is 20.7 Å². The fourth-order valence-corrected chi connectivity index (χ4v) is 2.63.